The Hall–Kier alpha value is -1.94. The number of carbonyl (C=O) groups excluding carboxylic acids is 4. The summed E-state index contributed by atoms with van der Waals surface area (Å²) in [7, 11) is -9.92. The molecule has 0 fully saturated rings. The molecule has 0 heterocycles. The van der Waals surface area contributed by atoms with Gasteiger partial charge in [0, 0.05) is 25.7 Å². The molecule has 17 nitrogen and oxygen atoms in total. The SMILES string of the molecule is CCCCCCCCCCCCCCCCCCCCCCCC(=O)O[C@H](COC(=O)CCCCCCCCCCCCCCCCCCC(C)C)COP(=O)(O)OC[C@@H](O)COP(=O)(O)OC[C@@H](COC(=O)CCCCCCCCCCCC)OC(=O)CCCCCCCCCCCCC(C)CC. The Bertz CT molecular complexity index is 2000. The van der Waals surface area contributed by atoms with E-state index in [2.05, 4.69) is 41.5 Å². The Kier molecular flexibility index (Phi) is 75.0. The average Bonchev–Trinajstić information content (AvgIpc) is 1.04. The summed E-state index contributed by atoms with van der Waals surface area (Å²) in [4.78, 5) is 73.1. The van der Waals surface area contributed by atoms with Gasteiger partial charge in [-0.05, 0) is 37.5 Å². The lowest BCUT2D eigenvalue weighted by Gasteiger charge is -2.21. The molecule has 0 aliphatic rings. The van der Waals surface area contributed by atoms with Crippen LogP contribution in [-0.2, 0) is 65.4 Å². The van der Waals surface area contributed by atoms with Crippen molar-refractivity contribution >= 4 is 39.5 Å². The van der Waals surface area contributed by atoms with Crippen LogP contribution in [0.2, 0.25) is 0 Å². The minimum Gasteiger partial charge on any atom is -0.462 e. The first-order chi connectivity index (χ1) is 50.4. The van der Waals surface area contributed by atoms with Crippen LogP contribution in [0, 0.1) is 11.8 Å². The summed E-state index contributed by atoms with van der Waals surface area (Å²) in [6.45, 7) is 9.71. The second-order valence-electron chi connectivity index (χ2n) is 31.3. The normalized spacial score (nSPS) is 14.1. The molecule has 0 spiro atoms. The van der Waals surface area contributed by atoms with Crippen molar-refractivity contribution in [3.05, 3.63) is 0 Å². The molecular weight excluding hydrogens is 1350 g/mol. The van der Waals surface area contributed by atoms with Gasteiger partial charge in [-0.3, -0.25) is 37.3 Å². The Labute approximate surface area is 638 Å². The molecule has 0 rings (SSSR count). The number of phosphoric ester groups is 2. The van der Waals surface area contributed by atoms with E-state index in [0.29, 0.717) is 25.7 Å². The fraction of sp³-hybridized carbons (Fsp3) is 0.953. The third-order valence-corrected chi connectivity index (χ3v) is 22.2. The van der Waals surface area contributed by atoms with Crippen molar-refractivity contribution in [2.24, 2.45) is 11.8 Å². The van der Waals surface area contributed by atoms with Crippen molar-refractivity contribution in [3.8, 4) is 0 Å². The van der Waals surface area contributed by atoms with Crippen LogP contribution in [0.1, 0.15) is 452 Å². The number of carbonyl (C=O) groups is 4. The van der Waals surface area contributed by atoms with E-state index in [1.165, 1.54) is 270 Å². The summed E-state index contributed by atoms with van der Waals surface area (Å²) in [5.41, 5.74) is 0. The molecule has 3 N–H and O–H groups in total. The van der Waals surface area contributed by atoms with Gasteiger partial charge in [0.15, 0.2) is 12.2 Å². The summed E-state index contributed by atoms with van der Waals surface area (Å²) in [6, 6.07) is 0. The molecule has 104 heavy (non-hydrogen) atoms. The number of rotatable bonds is 84. The van der Waals surface area contributed by atoms with E-state index in [1.807, 2.05) is 0 Å². The molecule has 0 aliphatic carbocycles. The van der Waals surface area contributed by atoms with Crippen LogP contribution < -0.4 is 0 Å². The van der Waals surface area contributed by atoms with E-state index in [-0.39, 0.29) is 25.7 Å². The molecule has 6 atom stereocenters. The molecule has 0 amide bonds. The van der Waals surface area contributed by atoms with Gasteiger partial charge in [-0.25, -0.2) is 9.13 Å². The summed E-state index contributed by atoms with van der Waals surface area (Å²) in [6.07, 6.45) is 68.0. The van der Waals surface area contributed by atoms with Gasteiger partial charge >= 0.3 is 39.5 Å². The molecule has 0 aromatic carbocycles. The van der Waals surface area contributed by atoms with E-state index >= 15 is 0 Å². The molecule has 0 aromatic rings. The second kappa shape index (κ2) is 76.4. The van der Waals surface area contributed by atoms with Crippen molar-refractivity contribution in [1.29, 1.82) is 0 Å². The van der Waals surface area contributed by atoms with E-state index in [9.17, 15) is 43.2 Å². The predicted molar refractivity (Wildman–Crippen MR) is 428 cm³/mol. The Morgan fingerprint density at radius 3 is 0.731 bits per heavy atom. The van der Waals surface area contributed by atoms with Crippen LogP contribution in [0.15, 0.2) is 0 Å². The Morgan fingerprint density at radius 2 is 0.490 bits per heavy atom. The highest BCUT2D eigenvalue weighted by Gasteiger charge is 2.30. The van der Waals surface area contributed by atoms with Crippen molar-refractivity contribution in [3.63, 3.8) is 0 Å². The second-order valence-corrected chi connectivity index (χ2v) is 34.2. The van der Waals surface area contributed by atoms with E-state index in [0.717, 1.165) is 102 Å². The lowest BCUT2D eigenvalue weighted by atomic mass is 9.99. The smallest absolute Gasteiger partial charge is 0.462 e. The van der Waals surface area contributed by atoms with Gasteiger partial charge in [0.2, 0.25) is 0 Å². The number of hydrogen-bond donors (Lipinski definition) is 3. The van der Waals surface area contributed by atoms with E-state index < -0.39 is 97.5 Å². The largest absolute Gasteiger partial charge is 0.472 e. The number of aliphatic hydroxyl groups is 1. The molecule has 0 radical (unpaired) electrons. The van der Waals surface area contributed by atoms with Crippen molar-refractivity contribution in [1.82, 2.24) is 0 Å². The standard InChI is InChI=1S/C85H166O17P2/c1-7-10-12-14-16-18-20-21-22-23-24-25-26-27-32-35-38-45-51-57-63-69-84(89)101-81(74-96-83(88)68-62-56-50-44-37-34-31-29-28-30-33-36-41-47-53-59-65-77(4)5)76-100-104(93,94)98-72-79(86)71-97-103(91,92)99-75-80(73-95-82(87)67-61-55-49-43-19-17-15-13-11-8-2)102-85(90)70-64-58-52-46-40-39-42-48-54-60-66-78(6)9-3/h77-81,86H,7-76H2,1-6H3,(H,91,92)(H,93,94)/t78?,79-,80+,81+/m0/s1. The van der Waals surface area contributed by atoms with Crippen LogP contribution in [0.5, 0.6) is 0 Å². The zero-order chi connectivity index (χ0) is 76.4. The molecule has 618 valence electrons. The van der Waals surface area contributed by atoms with Gasteiger partial charge in [0.05, 0.1) is 26.4 Å². The highest BCUT2D eigenvalue weighted by molar-refractivity contribution is 7.47. The minimum absolute atomic E-state index is 0.107. The van der Waals surface area contributed by atoms with Gasteiger partial charge in [0.1, 0.15) is 19.3 Å². The predicted octanol–water partition coefficient (Wildman–Crippen LogP) is 25.8. The van der Waals surface area contributed by atoms with E-state index in [4.69, 9.17) is 37.0 Å². The quantitative estimate of drug-likeness (QED) is 0.0222. The first kappa shape index (κ1) is 102. The topological polar surface area (TPSA) is 237 Å². The molecule has 0 bridgehead atoms. The minimum atomic E-state index is -4.97. The lowest BCUT2D eigenvalue weighted by molar-refractivity contribution is -0.161. The van der Waals surface area contributed by atoms with Crippen LogP contribution in [0.4, 0.5) is 0 Å². The highest BCUT2D eigenvalue weighted by atomic mass is 31.2. The molecule has 3 unspecified atom stereocenters. The maximum Gasteiger partial charge on any atom is 0.472 e. The van der Waals surface area contributed by atoms with Crippen LogP contribution in [-0.4, -0.2) is 96.7 Å². The average molecular weight is 1520 g/mol. The first-order valence-corrected chi connectivity index (χ1v) is 47.0. The molecule has 0 saturated heterocycles. The maximum atomic E-state index is 13.1. The number of ether oxygens (including phenoxy) is 4. The van der Waals surface area contributed by atoms with Crippen LogP contribution in [0.3, 0.4) is 0 Å². The zero-order valence-corrected chi connectivity index (χ0v) is 70.1. The molecule has 0 saturated carbocycles. The Morgan fingerprint density at radius 1 is 0.279 bits per heavy atom. The Balaban J connectivity index is 5.22. The van der Waals surface area contributed by atoms with Gasteiger partial charge in [-0.15, -0.1) is 0 Å². The van der Waals surface area contributed by atoms with Crippen molar-refractivity contribution < 1.29 is 80.2 Å². The number of hydrogen-bond acceptors (Lipinski definition) is 15. The summed E-state index contributed by atoms with van der Waals surface area (Å²) < 4.78 is 68.8. The number of esters is 4. The third-order valence-electron chi connectivity index (χ3n) is 20.3. The van der Waals surface area contributed by atoms with Crippen LogP contribution >= 0.6 is 15.6 Å². The fourth-order valence-electron chi connectivity index (χ4n) is 13.2. The monoisotopic (exact) mass is 1520 g/mol. The van der Waals surface area contributed by atoms with Crippen molar-refractivity contribution in [2.45, 2.75) is 471 Å². The van der Waals surface area contributed by atoms with Crippen molar-refractivity contribution in [2.75, 3.05) is 39.6 Å². The van der Waals surface area contributed by atoms with Crippen LogP contribution in [0.25, 0.3) is 0 Å². The summed E-state index contributed by atoms with van der Waals surface area (Å²) >= 11 is 0. The number of aliphatic hydroxyl groups excluding tert-OH is 1. The van der Waals surface area contributed by atoms with Gasteiger partial charge in [0.25, 0.3) is 0 Å². The first-order valence-electron chi connectivity index (χ1n) is 44.0. The summed E-state index contributed by atoms with van der Waals surface area (Å²) in [5.74, 6) is -0.489. The third kappa shape index (κ3) is 76.8. The summed E-state index contributed by atoms with van der Waals surface area (Å²) in [5, 5.41) is 10.7. The van der Waals surface area contributed by atoms with Gasteiger partial charge in [-0.2, -0.15) is 0 Å². The maximum absolute atomic E-state index is 13.1. The van der Waals surface area contributed by atoms with E-state index in [1.54, 1.807) is 0 Å². The molecule has 0 aromatic heterocycles. The molecule has 19 heteroatoms. The lowest BCUT2D eigenvalue weighted by Crippen LogP contribution is -2.30. The van der Waals surface area contributed by atoms with Gasteiger partial charge in [-0.1, -0.05) is 401 Å². The number of phosphoric acid groups is 2. The fourth-order valence-corrected chi connectivity index (χ4v) is 14.8. The number of unbranched alkanes of at least 4 members (excludes halogenated alkanes) is 53. The molecule has 0 aliphatic heterocycles. The highest BCUT2D eigenvalue weighted by Crippen LogP contribution is 2.45. The molecular formula is C85H166O17P2. The van der Waals surface area contributed by atoms with Gasteiger partial charge < -0.3 is 33.8 Å². The zero-order valence-electron chi connectivity index (χ0n) is 68.3.